The second-order valence-electron chi connectivity index (χ2n) is 6.94. The van der Waals surface area contributed by atoms with Crippen LogP contribution in [-0.2, 0) is 9.59 Å². The van der Waals surface area contributed by atoms with Gasteiger partial charge in [0, 0.05) is 24.7 Å². The zero-order chi connectivity index (χ0) is 22.9. The van der Waals surface area contributed by atoms with Crippen molar-refractivity contribution in [2.75, 3.05) is 33.2 Å². The molecule has 0 fully saturated rings. The van der Waals surface area contributed by atoms with E-state index in [1.807, 2.05) is 42.5 Å². The van der Waals surface area contributed by atoms with Gasteiger partial charge in [0.1, 0.15) is 0 Å². The highest BCUT2D eigenvalue weighted by Crippen LogP contribution is 2.38. The Morgan fingerprint density at radius 2 is 1.56 bits per heavy atom. The molecular weight excluding hydrogens is 408 g/mol. The summed E-state index contributed by atoms with van der Waals surface area (Å²) in [7, 11) is 4.58. The number of nitrogens with one attached hydrogen (secondary N) is 2. The Balaban J connectivity index is 1.51. The maximum absolute atomic E-state index is 12.2. The van der Waals surface area contributed by atoms with Crippen molar-refractivity contribution in [2.45, 2.75) is 6.42 Å². The molecule has 0 aliphatic heterocycles. The predicted octanol–water partition coefficient (Wildman–Crippen LogP) is 4.02. The summed E-state index contributed by atoms with van der Waals surface area (Å²) in [4.78, 5) is 24.3. The molecule has 0 aliphatic carbocycles. The molecule has 0 radical (unpaired) electrons. The molecule has 0 bridgehead atoms. The molecule has 3 aromatic carbocycles. The lowest BCUT2D eigenvalue weighted by atomic mass is 10.1. The Labute approximate surface area is 187 Å². The summed E-state index contributed by atoms with van der Waals surface area (Å²) in [5, 5.41) is 7.72. The fraction of sp³-hybridized carbons (Fsp3) is 0.200. The van der Waals surface area contributed by atoms with Gasteiger partial charge in [-0.25, -0.2) is 0 Å². The number of amides is 2. The van der Waals surface area contributed by atoms with Gasteiger partial charge in [0.25, 0.3) is 0 Å². The van der Waals surface area contributed by atoms with Crippen molar-refractivity contribution in [1.29, 1.82) is 0 Å². The van der Waals surface area contributed by atoms with Crippen LogP contribution in [0, 0.1) is 0 Å². The number of benzene rings is 3. The molecule has 0 heterocycles. The van der Waals surface area contributed by atoms with Gasteiger partial charge in [0.2, 0.25) is 17.6 Å². The van der Waals surface area contributed by atoms with E-state index in [4.69, 9.17) is 14.2 Å². The van der Waals surface area contributed by atoms with Crippen LogP contribution >= 0.6 is 0 Å². The zero-order valence-corrected chi connectivity index (χ0v) is 18.3. The number of anilines is 1. The number of fused-ring (bicyclic) bond motifs is 1. The predicted molar refractivity (Wildman–Crippen MR) is 125 cm³/mol. The second-order valence-corrected chi connectivity index (χ2v) is 6.94. The minimum atomic E-state index is -0.308. The fourth-order valence-electron chi connectivity index (χ4n) is 3.22. The van der Waals surface area contributed by atoms with Gasteiger partial charge in [-0.05, 0) is 46.7 Å². The first-order chi connectivity index (χ1) is 15.5. The zero-order valence-electron chi connectivity index (χ0n) is 18.3. The largest absolute Gasteiger partial charge is 0.493 e. The Morgan fingerprint density at radius 3 is 2.22 bits per heavy atom. The van der Waals surface area contributed by atoms with Crippen LogP contribution in [0.15, 0.2) is 60.7 Å². The summed E-state index contributed by atoms with van der Waals surface area (Å²) in [5.74, 6) is 0.995. The molecule has 0 atom stereocenters. The van der Waals surface area contributed by atoms with Crippen molar-refractivity contribution >= 4 is 34.4 Å². The van der Waals surface area contributed by atoms with Crippen molar-refractivity contribution in [3.05, 3.63) is 66.2 Å². The summed E-state index contributed by atoms with van der Waals surface area (Å²) in [5.41, 5.74) is 1.44. The van der Waals surface area contributed by atoms with E-state index >= 15 is 0 Å². The summed E-state index contributed by atoms with van der Waals surface area (Å²) >= 11 is 0. The van der Waals surface area contributed by atoms with Crippen molar-refractivity contribution in [2.24, 2.45) is 0 Å². The highest BCUT2D eigenvalue weighted by molar-refractivity contribution is 5.95. The van der Waals surface area contributed by atoms with Gasteiger partial charge in [0.15, 0.2) is 11.5 Å². The Bertz CT molecular complexity index is 1120. The lowest BCUT2D eigenvalue weighted by molar-refractivity contribution is -0.117. The highest BCUT2D eigenvalue weighted by Gasteiger charge is 2.12. The fourth-order valence-corrected chi connectivity index (χ4v) is 3.22. The SMILES string of the molecule is COc1cc(/C=C/C(=O)NCCC(=O)Nc2ccc3ccccc3c2)cc(OC)c1OC. The number of carbonyl (C=O) groups excluding carboxylic acids is 2. The van der Waals surface area contributed by atoms with Gasteiger partial charge in [-0.15, -0.1) is 0 Å². The van der Waals surface area contributed by atoms with Crippen LogP contribution in [0.3, 0.4) is 0 Å². The van der Waals surface area contributed by atoms with Crippen LogP contribution in [0.1, 0.15) is 12.0 Å². The molecule has 0 aromatic heterocycles. The smallest absolute Gasteiger partial charge is 0.244 e. The first kappa shape index (κ1) is 22.7. The average Bonchev–Trinajstić information content (AvgIpc) is 2.81. The maximum Gasteiger partial charge on any atom is 0.244 e. The minimum absolute atomic E-state index is 0.163. The third-order valence-corrected chi connectivity index (χ3v) is 4.80. The number of hydrogen-bond donors (Lipinski definition) is 2. The molecule has 3 rings (SSSR count). The van der Waals surface area contributed by atoms with Gasteiger partial charge < -0.3 is 24.8 Å². The first-order valence-electron chi connectivity index (χ1n) is 10.1. The number of carbonyl (C=O) groups is 2. The standard InChI is InChI=1S/C25H26N2O5/c1-30-21-14-17(15-22(31-2)25(21)32-3)8-11-23(28)26-13-12-24(29)27-20-10-9-18-6-4-5-7-19(18)16-20/h4-11,14-16H,12-13H2,1-3H3,(H,26,28)(H,27,29)/b11-8+. The van der Waals surface area contributed by atoms with Crippen LogP contribution < -0.4 is 24.8 Å². The second kappa shape index (κ2) is 10.9. The Morgan fingerprint density at radius 1 is 0.875 bits per heavy atom. The summed E-state index contributed by atoms with van der Waals surface area (Å²) < 4.78 is 15.9. The third kappa shape index (κ3) is 5.78. The van der Waals surface area contributed by atoms with Gasteiger partial charge in [-0.1, -0.05) is 30.3 Å². The molecule has 0 spiro atoms. The van der Waals surface area contributed by atoms with Crippen LogP contribution in [0.5, 0.6) is 17.2 Å². The molecular formula is C25H26N2O5. The van der Waals surface area contributed by atoms with E-state index in [9.17, 15) is 9.59 Å². The Kier molecular flexibility index (Phi) is 7.70. The van der Waals surface area contributed by atoms with E-state index < -0.39 is 0 Å². The molecule has 32 heavy (non-hydrogen) atoms. The lowest BCUT2D eigenvalue weighted by Crippen LogP contribution is -2.26. The van der Waals surface area contributed by atoms with E-state index in [0.717, 1.165) is 16.5 Å². The number of ether oxygens (including phenoxy) is 3. The summed E-state index contributed by atoms with van der Waals surface area (Å²) in [6, 6.07) is 17.2. The van der Waals surface area contributed by atoms with E-state index in [-0.39, 0.29) is 24.8 Å². The monoisotopic (exact) mass is 434 g/mol. The van der Waals surface area contributed by atoms with Crippen molar-refractivity contribution in [1.82, 2.24) is 5.32 Å². The van der Waals surface area contributed by atoms with Crippen LogP contribution in [0.2, 0.25) is 0 Å². The van der Waals surface area contributed by atoms with E-state index in [0.29, 0.717) is 22.8 Å². The Hall–Kier alpha value is -4.00. The molecule has 0 unspecified atom stereocenters. The minimum Gasteiger partial charge on any atom is -0.493 e. The molecule has 0 saturated heterocycles. The molecule has 7 heteroatoms. The maximum atomic E-state index is 12.2. The van der Waals surface area contributed by atoms with E-state index in [2.05, 4.69) is 10.6 Å². The number of hydrogen-bond acceptors (Lipinski definition) is 5. The normalized spacial score (nSPS) is 10.7. The molecule has 2 N–H and O–H groups in total. The highest BCUT2D eigenvalue weighted by atomic mass is 16.5. The number of methoxy groups -OCH3 is 3. The van der Waals surface area contributed by atoms with Gasteiger partial charge in [-0.2, -0.15) is 0 Å². The summed E-state index contributed by atoms with van der Waals surface area (Å²) in [6.07, 6.45) is 3.19. The summed E-state index contributed by atoms with van der Waals surface area (Å²) in [6.45, 7) is 0.220. The lowest BCUT2D eigenvalue weighted by Gasteiger charge is -2.12. The van der Waals surface area contributed by atoms with E-state index in [1.165, 1.54) is 27.4 Å². The molecule has 3 aromatic rings. The average molecular weight is 434 g/mol. The number of rotatable bonds is 9. The van der Waals surface area contributed by atoms with Gasteiger partial charge in [0.05, 0.1) is 21.3 Å². The van der Waals surface area contributed by atoms with Crippen LogP contribution in [-0.4, -0.2) is 39.7 Å². The van der Waals surface area contributed by atoms with Crippen LogP contribution in [0.25, 0.3) is 16.8 Å². The quantitative estimate of drug-likeness (QED) is 0.497. The van der Waals surface area contributed by atoms with Crippen molar-refractivity contribution < 1.29 is 23.8 Å². The molecule has 0 aliphatic rings. The third-order valence-electron chi connectivity index (χ3n) is 4.80. The van der Waals surface area contributed by atoms with Crippen molar-refractivity contribution in [3.63, 3.8) is 0 Å². The molecule has 0 saturated carbocycles. The van der Waals surface area contributed by atoms with Crippen LogP contribution in [0.4, 0.5) is 5.69 Å². The van der Waals surface area contributed by atoms with E-state index in [1.54, 1.807) is 18.2 Å². The molecule has 166 valence electrons. The van der Waals surface area contributed by atoms with Gasteiger partial charge in [-0.3, -0.25) is 9.59 Å². The van der Waals surface area contributed by atoms with Crippen molar-refractivity contribution in [3.8, 4) is 17.2 Å². The molecule has 2 amide bonds. The molecule has 7 nitrogen and oxygen atoms in total. The first-order valence-corrected chi connectivity index (χ1v) is 10.1. The van der Waals surface area contributed by atoms with Gasteiger partial charge >= 0.3 is 0 Å². The topological polar surface area (TPSA) is 85.9 Å².